The lowest BCUT2D eigenvalue weighted by atomic mass is 10.2. The summed E-state index contributed by atoms with van der Waals surface area (Å²) in [4.78, 5) is 12.3. The molecule has 17 heavy (non-hydrogen) atoms. The SMILES string of the molecule is CCCc1nnsc1C(=O)NCCC(N)=NO. The van der Waals surface area contributed by atoms with Gasteiger partial charge in [-0.3, -0.25) is 4.79 Å². The molecule has 94 valence electrons. The first-order valence-corrected chi connectivity index (χ1v) is 6.02. The molecule has 0 aliphatic carbocycles. The van der Waals surface area contributed by atoms with Gasteiger partial charge in [0.25, 0.3) is 5.91 Å². The number of hydrogen-bond donors (Lipinski definition) is 3. The minimum atomic E-state index is -0.214. The topological polar surface area (TPSA) is 113 Å². The van der Waals surface area contributed by atoms with Gasteiger partial charge in [0.2, 0.25) is 0 Å². The highest BCUT2D eigenvalue weighted by Gasteiger charge is 2.14. The Morgan fingerprint density at radius 1 is 1.65 bits per heavy atom. The van der Waals surface area contributed by atoms with Crippen LogP contribution in [0.5, 0.6) is 0 Å². The normalized spacial score (nSPS) is 11.5. The van der Waals surface area contributed by atoms with Crippen molar-refractivity contribution in [1.29, 1.82) is 0 Å². The quantitative estimate of drug-likeness (QED) is 0.294. The van der Waals surface area contributed by atoms with E-state index < -0.39 is 0 Å². The maximum Gasteiger partial charge on any atom is 0.264 e. The zero-order valence-electron chi connectivity index (χ0n) is 9.51. The summed E-state index contributed by atoms with van der Waals surface area (Å²) in [7, 11) is 0. The van der Waals surface area contributed by atoms with Crippen molar-refractivity contribution in [3.63, 3.8) is 0 Å². The lowest BCUT2D eigenvalue weighted by molar-refractivity contribution is 0.0957. The van der Waals surface area contributed by atoms with Crippen molar-refractivity contribution in [3.05, 3.63) is 10.6 Å². The van der Waals surface area contributed by atoms with Crippen molar-refractivity contribution >= 4 is 23.3 Å². The molecule has 1 aromatic rings. The molecule has 0 spiro atoms. The first kappa shape index (κ1) is 13.4. The molecule has 8 heteroatoms. The lowest BCUT2D eigenvalue weighted by Crippen LogP contribution is -2.28. The molecule has 1 amide bonds. The Bertz CT molecular complexity index is 404. The van der Waals surface area contributed by atoms with Crippen molar-refractivity contribution < 1.29 is 10.0 Å². The standard InChI is InChI=1S/C9H15N5O2S/c1-2-3-6-8(17-14-12-6)9(15)11-5-4-7(10)13-16/h16H,2-5H2,1H3,(H2,10,13)(H,11,15). The lowest BCUT2D eigenvalue weighted by Gasteiger charge is -2.03. The van der Waals surface area contributed by atoms with Gasteiger partial charge < -0.3 is 16.3 Å². The zero-order chi connectivity index (χ0) is 12.7. The Morgan fingerprint density at radius 3 is 3.06 bits per heavy atom. The number of carbonyl (C=O) groups excluding carboxylic acids is 1. The molecule has 0 bridgehead atoms. The average molecular weight is 257 g/mol. The van der Waals surface area contributed by atoms with Crippen LogP contribution in [0.2, 0.25) is 0 Å². The van der Waals surface area contributed by atoms with Gasteiger partial charge in [0.15, 0.2) is 0 Å². The number of rotatable bonds is 6. The van der Waals surface area contributed by atoms with Gasteiger partial charge in [0.05, 0.1) is 5.69 Å². The van der Waals surface area contributed by atoms with Gasteiger partial charge in [-0.1, -0.05) is 23.0 Å². The minimum Gasteiger partial charge on any atom is -0.409 e. The van der Waals surface area contributed by atoms with Gasteiger partial charge in [0, 0.05) is 13.0 Å². The number of amides is 1. The van der Waals surface area contributed by atoms with Crippen LogP contribution in [-0.4, -0.2) is 33.1 Å². The monoisotopic (exact) mass is 257 g/mol. The van der Waals surface area contributed by atoms with Gasteiger partial charge in [-0.15, -0.1) is 5.10 Å². The summed E-state index contributed by atoms with van der Waals surface area (Å²) >= 11 is 1.08. The molecule has 0 atom stereocenters. The number of carbonyl (C=O) groups is 1. The molecule has 0 aromatic carbocycles. The second-order valence-corrected chi connectivity index (χ2v) is 4.15. The summed E-state index contributed by atoms with van der Waals surface area (Å²) in [6, 6.07) is 0. The predicted molar refractivity (Wildman–Crippen MR) is 64.3 cm³/mol. The number of aryl methyl sites for hydroxylation is 1. The Balaban J connectivity index is 2.49. The zero-order valence-corrected chi connectivity index (χ0v) is 10.3. The van der Waals surface area contributed by atoms with Crippen molar-refractivity contribution in [2.24, 2.45) is 10.9 Å². The third-order valence-electron chi connectivity index (χ3n) is 2.04. The molecule has 0 unspecified atom stereocenters. The first-order valence-electron chi connectivity index (χ1n) is 5.24. The number of hydrogen-bond acceptors (Lipinski definition) is 6. The Morgan fingerprint density at radius 2 is 2.41 bits per heavy atom. The fourth-order valence-corrected chi connectivity index (χ4v) is 1.84. The largest absolute Gasteiger partial charge is 0.409 e. The van der Waals surface area contributed by atoms with Crippen LogP contribution < -0.4 is 11.1 Å². The summed E-state index contributed by atoms with van der Waals surface area (Å²) in [5, 5.41) is 17.7. The Kier molecular flexibility index (Phi) is 5.34. The summed E-state index contributed by atoms with van der Waals surface area (Å²) in [5.74, 6) is -0.129. The molecule has 0 aliphatic heterocycles. The van der Waals surface area contributed by atoms with Crippen LogP contribution in [0.3, 0.4) is 0 Å². The third-order valence-corrected chi connectivity index (χ3v) is 2.81. The molecular formula is C9H15N5O2S. The third kappa shape index (κ3) is 3.99. The molecular weight excluding hydrogens is 242 g/mol. The van der Waals surface area contributed by atoms with Crippen LogP contribution in [0.1, 0.15) is 35.1 Å². The van der Waals surface area contributed by atoms with Crippen molar-refractivity contribution in [2.45, 2.75) is 26.2 Å². The van der Waals surface area contributed by atoms with Crippen LogP contribution in [0.4, 0.5) is 0 Å². The van der Waals surface area contributed by atoms with Crippen molar-refractivity contribution in [1.82, 2.24) is 14.9 Å². The first-order chi connectivity index (χ1) is 8.19. The molecule has 7 nitrogen and oxygen atoms in total. The Labute approximate surface area is 103 Å². The molecule has 1 heterocycles. The summed E-state index contributed by atoms with van der Waals surface area (Å²) in [5.41, 5.74) is 6.00. The van der Waals surface area contributed by atoms with Crippen molar-refractivity contribution in [2.75, 3.05) is 6.54 Å². The van der Waals surface area contributed by atoms with E-state index in [2.05, 4.69) is 20.1 Å². The highest BCUT2D eigenvalue weighted by atomic mass is 32.1. The van der Waals surface area contributed by atoms with E-state index in [1.807, 2.05) is 6.92 Å². The van der Waals surface area contributed by atoms with Crippen LogP contribution in [-0.2, 0) is 6.42 Å². The van der Waals surface area contributed by atoms with E-state index in [0.717, 1.165) is 30.1 Å². The van der Waals surface area contributed by atoms with E-state index in [-0.39, 0.29) is 11.7 Å². The van der Waals surface area contributed by atoms with E-state index in [1.54, 1.807) is 0 Å². The summed E-state index contributed by atoms with van der Waals surface area (Å²) in [6.07, 6.45) is 1.95. The summed E-state index contributed by atoms with van der Waals surface area (Å²) < 4.78 is 3.76. The molecule has 1 rings (SSSR count). The highest BCUT2D eigenvalue weighted by Crippen LogP contribution is 2.12. The van der Waals surface area contributed by atoms with E-state index in [0.29, 0.717) is 17.8 Å². The average Bonchev–Trinajstić information content (AvgIpc) is 2.77. The number of aromatic nitrogens is 2. The molecule has 1 aromatic heterocycles. The second-order valence-electron chi connectivity index (χ2n) is 3.40. The van der Waals surface area contributed by atoms with Crippen LogP contribution >= 0.6 is 11.5 Å². The van der Waals surface area contributed by atoms with E-state index in [4.69, 9.17) is 10.9 Å². The van der Waals surface area contributed by atoms with Crippen molar-refractivity contribution in [3.8, 4) is 0 Å². The van der Waals surface area contributed by atoms with Gasteiger partial charge >= 0.3 is 0 Å². The van der Waals surface area contributed by atoms with Crippen LogP contribution in [0.25, 0.3) is 0 Å². The van der Waals surface area contributed by atoms with Gasteiger partial charge in [-0.25, -0.2) is 0 Å². The maximum absolute atomic E-state index is 11.7. The van der Waals surface area contributed by atoms with E-state index in [1.165, 1.54) is 0 Å². The molecule has 0 saturated heterocycles. The second kappa shape index (κ2) is 6.79. The number of nitrogens with two attached hydrogens (primary N) is 1. The maximum atomic E-state index is 11.7. The highest BCUT2D eigenvalue weighted by molar-refractivity contribution is 7.08. The predicted octanol–water partition coefficient (Wildman–Crippen LogP) is 0.357. The number of nitrogens with zero attached hydrogens (tertiary/aromatic N) is 3. The smallest absolute Gasteiger partial charge is 0.264 e. The van der Waals surface area contributed by atoms with E-state index in [9.17, 15) is 4.79 Å². The van der Waals surface area contributed by atoms with Gasteiger partial charge in [-0.2, -0.15) is 0 Å². The fraction of sp³-hybridized carbons (Fsp3) is 0.556. The van der Waals surface area contributed by atoms with Gasteiger partial charge in [-0.05, 0) is 18.0 Å². The number of oxime groups is 1. The Hall–Kier alpha value is -1.70. The van der Waals surface area contributed by atoms with E-state index >= 15 is 0 Å². The number of amidine groups is 1. The van der Waals surface area contributed by atoms with Gasteiger partial charge in [0.1, 0.15) is 10.7 Å². The fourth-order valence-electron chi connectivity index (χ4n) is 1.22. The molecule has 0 aliphatic rings. The van der Waals surface area contributed by atoms with Crippen LogP contribution in [0, 0.1) is 0 Å². The molecule has 0 fully saturated rings. The molecule has 4 N–H and O–H groups in total. The molecule has 0 radical (unpaired) electrons. The number of nitrogens with one attached hydrogen (secondary N) is 1. The minimum absolute atomic E-state index is 0.0847. The van der Waals surface area contributed by atoms with Crippen LogP contribution in [0.15, 0.2) is 5.16 Å². The molecule has 0 saturated carbocycles. The summed E-state index contributed by atoms with van der Waals surface area (Å²) in [6.45, 7) is 2.33.